The molecule has 1 unspecified atom stereocenters. The Bertz CT molecular complexity index is 638. The zero-order valence-electron chi connectivity index (χ0n) is 12.6. The first-order chi connectivity index (χ1) is 10.1. The van der Waals surface area contributed by atoms with E-state index in [0.29, 0.717) is 24.5 Å². The van der Waals surface area contributed by atoms with Gasteiger partial charge in [-0.15, -0.1) is 0 Å². The van der Waals surface area contributed by atoms with E-state index in [0.717, 1.165) is 11.4 Å². The van der Waals surface area contributed by atoms with E-state index in [1.807, 2.05) is 44.2 Å². The lowest BCUT2D eigenvalue weighted by molar-refractivity contribution is 0.307. The summed E-state index contributed by atoms with van der Waals surface area (Å²) in [5.41, 5.74) is 1.37. The van der Waals surface area contributed by atoms with Gasteiger partial charge in [0.15, 0.2) is 0 Å². The average molecular weight is 287 g/mol. The highest BCUT2D eigenvalue weighted by Gasteiger charge is 2.13. The lowest BCUT2D eigenvalue weighted by atomic mass is 10.1. The van der Waals surface area contributed by atoms with Gasteiger partial charge in [-0.3, -0.25) is 4.79 Å². The summed E-state index contributed by atoms with van der Waals surface area (Å²) in [6.45, 7) is 6.80. The number of benzene rings is 1. The van der Waals surface area contributed by atoms with Crippen molar-refractivity contribution in [2.45, 2.75) is 26.8 Å². The molecule has 0 radical (unpaired) electrons. The minimum absolute atomic E-state index is 0.0683. The van der Waals surface area contributed by atoms with Gasteiger partial charge < -0.3 is 15.0 Å². The van der Waals surface area contributed by atoms with Crippen molar-refractivity contribution in [3.63, 3.8) is 0 Å². The van der Waals surface area contributed by atoms with Crippen molar-refractivity contribution in [2.24, 2.45) is 0 Å². The van der Waals surface area contributed by atoms with E-state index in [4.69, 9.17) is 4.74 Å². The molecule has 112 valence electrons. The summed E-state index contributed by atoms with van der Waals surface area (Å²) in [4.78, 5) is 19.0. The minimum Gasteiger partial charge on any atom is -0.492 e. The minimum atomic E-state index is -0.0797. The van der Waals surface area contributed by atoms with Gasteiger partial charge in [-0.2, -0.15) is 0 Å². The quantitative estimate of drug-likeness (QED) is 0.799. The SMILES string of the molecule is Cc1nc(C)c(C(C)NCCOc2ccccc2)c(=O)[nH]1. The predicted octanol–water partition coefficient (Wildman–Crippen LogP) is 2.12. The molecule has 0 bridgehead atoms. The summed E-state index contributed by atoms with van der Waals surface area (Å²) >= 11 is 0. The molecule has 5 nitrogen and oxygen atoms in total. The Hall–Kier alpha value is -2.14. The fourth-order valence-corrected chi connectivity index (χ4v) is 2.31. The molecule has 2 rings (SSSR count). The van der Waals surface area contributed by atoms with E-state index < -0.39 is 0 Å². The Morgan fingerprint density at radius 2 is 2.00 bits per heavy atom. The molecule has 0 spiro atoms. The number of nitrogens with one attached hydrogen (secondary N) is 2. The van der Waals surface area contributed by atoms with Crippen LogP contribution in [0, 0.1) is 13.8 Å². The molecule has 0 aliphatic rings. The molecule has 1 atom stereocenters. The molecule has 21 heavy (non-hydrogen) atoms. The molecule has 5 heteroatoms. The summed E-state index contributed by atoms with van der Waals surface area (Å²) in [7, 11) is 0. The summed E-state index contributed by atoms with van der Waals surface area (Å²) in [5.74, 6) is 1.49. The monoisotopic (exact) mass is 287 g/mol. The molecule has 1 aromatic carbocycles. The first kappa shape index (κ1) is 15.3. The van der Waals surface area contributed by atoms with Crippen LogP contribution in [0.4, 0.5) is 0 Å². The van der Waals surface area contributed by atoms with E-state index >= 15 is 0 Å². The fourth-order valence-electron chi connectivity index (χ4n) is 2.31. The Kier molecular flexibility index (Phi) is 5.11. The van der Waals surface area contributed by atoms with Crippen molar-refractivity contribution in [1.29, 1.82) is 0 Å². The van der Waals surface area contributed by atoms with Gasteiger partial charge in [0.25, 0.3) is 5.56 Å². The topological polar surface area (TPSA) is 67.0 Å². The van der Waals surface area contributed by atoms with E-state index in [-0.39, 0.29) is 11.6 Å². The van der Waals surface area contributed by atoms with Crippen LogP contribution < -0.4 is 15.6 Å². The van der Waals surface area contributed by atoms with Gasteiger partial charge >= 0.3 is 0 Å². The summed E-state index contributed by atoms with van der Waals surface area (Å²) in [6.07, 6.45) is 0. The number of hydrogen-bond acceptors (Lipinski definition) is 4. The van der Waals surface area contributed by atoms with Crippen molar-refractivity contribution < 1.29 is 4.74 Å². The zero-order valence-corrected chi connectivity index (χ0v) is 12.6. The van der Waals surface area contributed by atoms with Crippen LogP contribution >= 0.6 is 0 Å². The van der Waals surface area contributed by atoms with Crippen LogP contribution in [0.1, 0.15) is 30.0 Å². The molecular weight excluding hydrogens is 266 g/mol. The molecule has 2 N–H and O–H groups in total. The lowest BCUT2D eigenvalue weighted by Gasteiger charge is -2.15. The molecule has 0 saturated heterocycles. The molecule has 0 aliphatic heterocycles. The van der Waals surface area contributed by atoms with Gasteiger partial charge in [0.2, 0.25) is 0 Å². The third-order valence-corrected chi connectivity index (χ3v) is 3.26. The average Bonchev–Trinajstić information content (AvgIpc) is 2.43. The summed E-state index contributed by atoms with van der Waals surface area (Å²) < 4.78 is 5.61. The van der Waals surface area contributed by atoms with Crippen LogP contribution in [-0.2, 0) is 0 Å². The van der Waals surface area contributed by atoms with Crippen molar-refractivity contribution in [2.75, 3.05) is 13.2 Å². The number of aryl methyl sites for hydroxylation is 2. The van der Waals surface area contributed by atoms with E-state index in [1.165, 1.54) is 0 Å². The van der Waals surface area contributed by atoms with Crippen LogP contribution in [0.3, 0.4) is 0 Å². The number of aromatic nitrogens is 2. The maximum Gasteiger partial charge on any atom is 0.255 e. The number of hydrogen-bond donors (Lipinski definition) is 2. The maximum atomic E-state index is 12.0. The van der Waals surface area contributed by atoms with Crippen molar-refractivity contribution in [3.05, 3.63) is 57.8 Å². The summed E-state index contributed by atoms with van der Waals surface area (Å²) in [6, 6.07) is 9.59. The molecular formula is C16H21N3O2. The molecule has 0 fully saturated rings. The first-order valence-electron chi connectivity index (χ1n) is 7.06. The Labute approximate surface area is 124 Å². The molecule has 1 aromatic heterocycles. The predicted molar refractivity (Wildman–Crippen MR) is 82.7 cm³/mol. The van der Waals surface area contributed by atoms with Crippen molar-refractivity contribution in [1.82, 2.24) is 15.3 Å². The summed E-state index contributed by atoms with van der Waals surface area (Å²) in [5, 5.41) is 3.29. The highest BCUT2D eigenvalue weighted by atomic mass is 16.5. The standard InChI is InChI=1S/C16H21N3O2/c1-11(15-12(2)18-13(3)19-16(15)20)17-9-10-21-14-7-5-4-6-8-14/h4-8,11,17H,9-10H2,1-3H3,(H,18,19,20). The van der Waals surface area contributed by atoms with Gasteiger partial charge in [-0.05, 0) is 32.9 Å². The zero-order chi connectivity index (χ0) is 15.2. The number of aromatic amines is 1. The third-order valence-electron chi connectivity index (χ3n) is 3.26. The molecule has 2 aromatic rings. The van der Waals surface area contributed by atoms with Crippen LogP contribution in [0.2, 0.25) is 0 Å². The molecule has 0 amide bonds. The highest BCUT2D eigenvalue weighted by molar-refractivity contribution is 5.21. The second kappa shape index (κ2) is 7.04. The second-order valence-corrected chi connectivity index (χ2v) is 4.99. The Morgan fingerprint density at radius 3 is 2.67 bits per heavy atom. The van der Waals surface area contributed by atoms with Crippen molar-refractivity contribution >= 4 is 0 Å². The molecule has 0 saturated carbocycles. The number of para-hydroxylation sites is 1. The van der Waals surface area contributed by atoms with E-state index in [9.17, 15) is 4.79 Å². The second-order valence-electron chi connectivity index (χ2n) is 4.99. The van der Waals surface area contributed by atoms with Crippen molar-refractivity contribution in [3.8, 4) is 5.75 Å². The number of ether oxygens (including phenoxy) is 1. The maximum absolute atomic E-state index is 12.0. The van der Waals surface area contributed by atoms with Gasteiger partial charge in [-0.1, -0.05) is 18.2 Å². The normalized spacial score (nSPS) is 12.1. The van der Waals surface area contributed by atoms with Crippen LogP contribution in [0.25, 0.3) is 0 Å². The number of H-pyrrole nitrogens is 1. The molecule has 1 heterocycles. The van der Waals surface area contributed by atoms with Gasteiger partial charge in [0.1, 0.15) is 18.2 Å². The smallest absolute Gasteiger partial charge is 0.255 e. The van der Waals surface area contributed by atoms with Gasteiger partial charge in [-0.25, -0.2) is 4.98 Å². The van der Waals surface area contributed by atoms with E-state index in [2.05, 4.69) is 15.3 Å². The lowest BCUT2D eigenvalue weighted by Crippen LogP contribution is -2.30. The van der Waals surface area contributed by atoms with Gasteiger partial charge in [0, 0.05) is 18.3 Å². The van der Waals surface area contributed by atoms with E-state index in [1.54, 1.807) is 6.92 Å². The van der Waals surface area contributed by atoms with Crippen LogP contribution in [-0.4, -0.2) is 23.1 Å². The first-order valence-corrected chi connectivity index (χ1v) is 7.06. The Morgan fingerprint density at radius 1 is 1.29 bits per heavy atom. The van der Waals surface area contributed by atoms with Gasteiger partial charge in [0.05, 0.1) is 5.56 Å². The Balaban J connectivity index is 1.88. The van der Waals surface area contributed by atoms with Crippen LogP contribution in [0.5, 0.6) is 5.75 Å². The number of nitrogens with zero attached hydrogens (tertiary/aromatic N) is 1. The van der Waals surface area contributed by atoms with Crippen LogP contribution in [0.15, 0.2) is 35.1 Å². The third kappa shape index (κ3) is 4.16. The highest BCUT2D eigenvalue weighted by Crippen LogP contribution is 2.11. The molecule has 0 aliphatic carbocycles. The largest absolute Gasteiger partial charge is 0.492 e. The fraction of sp³-hybridized carbons (Fsp3) is 0.375. The number of rotatable bonds is 6.